The third kappa shape index (κ3) is 1.00. The first-order valence-corrected chi connectivity index (χ1v) is 4.50. The zero-order valence-corrected chi connectivity index (χ0v) is 7.67. The summed E-state index contributed by atoms with van der Waals surface area (Å²) in [6, 6.07) is 0. The molecule has 0 amide bonds. The third-order valence-corrected chi connectivity index (χ3v) is 2.62. The second-order valence-electron chi connectivity index (χ2n) is 3.75. The molecule has 3 heteroatoms. The monoisotopic (exact) mass is 165 g/mol. The number of hydrogen-bond donors (Lipinski definition) is 1. The largest absolute Gasteiger partial charge is 0.384 e. The molecule has 0 fully saturated rings. The Labute approximate surface area is 72.6 Å². The Morgan fingerprint density at radius 3 is 3.08 bits per heavy atom. The lowest BCUT2D eigenvalue weighted by atomic mass is 10.0. The summed E-state index contributed by atoms with van der Waals surface area (Å²) in [6.07, 6.45) is 2.33. The van der Waals surface area contributed by atoms with Crippen molar-refractivity contribution >= 4 is 5.82 Å². The van der Waals surface area contributed by atoms with Gasteiger partial charge in [0.15, 0.2) is 0 Å². The molecule has 1 unspecified atom stereocenters. The summed E-state index contributed by atoms with van der Waals surface area (Å²) in [7, 11) is 0. The van der Waals surface area contributed by atoms with Gasteiger partial charge < -0.3 is 10.3 Å². The third-order valence-electron chi connectivity index (χ3n) is 2.62. The molecular formula is C9H15N3. The lowest BCUT2D eigenvalue weighted by Gasteiger charge is -2.20. The molecule has 1 aromatic heterocycles. The normalized spacial score (nSPS) is 22.3. The number of aryl methyl sites for hydroxylation is 2. The maximum Gasteiger partial charge on any atom is 0.126 e. The van der Waals surface area contributed by atoms with Gasteiger partial charge in [0.1, 0.15) is 11.6 Å². The first-order valence-electron chi connectivity index (χ1n) is 4.50. The summed E-state index contributed by atoms with van der Waals surface area (Å²) in [4.78, 5) is 4.42. The summed E-state index contributed by atoms with van der Waals surface area (Å²) in [5, 5.41) is 0. The summed E-state index contributed by atoms with van der Waals surface area (Å²) < 4.78 is 2.16. The van der Waals surface area contributed by atoms with Crippen LogP contribution in [-0.4, -0.2) is 9.55 Å². The minimum Gasteiger partial charge on any atom is -0.384 e. The Hall–Kier alpha value is -0.990. The summed E-state index contributed by atoms with van der Waals surface area (Å²) in [5.74, 6) is 2.77. The number of nitrogen functional groups attached to an aromatic ring is 1. The van der Waals surface area contributed by atoms with E-state index in [4.69, 9.17) is 5.73 Å². The fourth-order valence-electron chi connectivity index (χ4n) is 1.82. The highest BCUT2D eigenvalue weighted by Crippen LogP contribution is 2.23. The molecule has 0 spiro atoms. The van der Waals surface area contributed by atoms with Gasteiger partial charge in [-0.25, -0.2) is 4.98 Å². The topological polar surface area (TPSA) is 43.8 Å². The highest BCUT2D eigenvalue weighted by atomic mass is 15.1. The molecule has 0 aliphatic carbocycles. The van der Waals surface area contributed by atoms with Gasteiger partial charge in [0.25, 0.3) is 0 Å². The second-order valence-corrected chi connectivity index (χ2v) is 3.75. The minimum atomic E-state index is 0.744. The van der Waals surface area contributed by atoms with Crippen molar-refractivity contribution < 1.29 is 0 Å². The number of rotatable bonds is 0. The van der Waals surface area contributed by atoms with Crippen molar-refractivity contribution in [1.29, 1.82) is 0 Å². The van der Waals surface area contributed by atoms with Crippen LogP contribution in [0.4, 0.5) is 5.82 Å². The van der Waals surface area contributed by atoms with E-state index in [1.54, 1.807) is 0 Å². The lowest BCUT2D eigenvalue weighted by Crippen LogP contribution is -2.19. The number of anilines is 1. The van der Waals surface area contributed by atoms with E-state index in [-0.39, 0.29) is 0 Å². The SMILES string of the molecule is Cc1nc2n(c1N)CC(C)CC2. The van der Waals surface area contributed by atoms with E-state index in [0.717, 1.165) is 30.4 Å². The molecule has 12 heavy (non-hydrogen) atoms. The zero-order valence-electron chi connectivity index (χ0n) is 7.67. The van der Waals surface area contributed by atoms with Gasteiger partial charge in [-0.3, -0.25) is 0 Å². The number of hydrogen-bond acceptors (Lipinski definition) is 2. The second kappa shape index (κ2) is 2.51. The number of aromatic nitrogens is 2. The van der Waals surface area contributed by atoms with Crippen LogP contribution in [0.25, 0.3) is 0 Å². The van der Waals surface area contributed by atoms with Gasteiger partial charge in [-0.2, -0.15) is 0 Å². The Balaban J connectivity index is 2.44. The molecule has 0 aromatic carbocycles. The molecule has 66 valence electrons. The number of imidazole rings is 1. The van der Waals surface area contributed by atoms with E-state index in [1.165, 1.54) is 12.2 Å². The highest BCUT2D eigenvalue weighted by molar-refractivity contribution is 5.37. The molecule has 2 heterocycles. The van der Waals surface area contributed by atoms with Crippen LogP contribution in [0.5, 0.6) is 0 Å². The van der Waals surface area contributed by atoms with Crippen LogP contribution in [0.15, 0.2) is 0 Å². The summed E-state index contributed by atoms with van der Waals surface area (Å²) >= 11 is 0. The van der Waals surface area contributed by atoms with E-state index in [1.807, 2.05) is 6.92 Å². The van der Waals surface area contributed by atoms with Crippen molar-refractivity contribution in [1.82, 2.24) is 9.55 Å². The molecule has 0 saturated heterocycles. The molecular weight excluding hydrogens is 150 g/mol. The van der Waals surface area contributed by atoms with Gasteiger partial charge in [0.2, 0.25) is 0 Å². The van der Waals surface area contributed by atoms with Crippen LogP contribution in [-0.2, 0) is 13.0 Å². The molecule has 0 radical (unpaired) electrons. The van der Waals surface area contributed by atoms with Crippen LogP contribution in [0.1, 0.15) is 24.9 Å². The Morgan fingerprint density at radius 2 is 2.33 bits per heavy atom. The lowest BCUT2D eigenvalue weighted by molar-refractivity contribution is 0.397. The number of nitrogens with two attached hydrogens (primary N) is 1. The van der Waals surface area contributed by atoms with Crippen LogP contribution in [0.3, 0.4) is 0 Å². The summed E-state index contributed by atoms with van der Waals surface area (Å²) in [5.41, 5.74) is 6.87. The molecule has 0 bridgehead atoms. The fraction of sp³-hybridized carbons (Fsp3) is 0.667. The van der Waals surface area contributed by atoms with E-state index in [9.17, 15) is 0 Å². The van der Waals surface area contributed by atoms with E-state index in [0.29, 0.717) is 0 Å². The van der Waals surface area contributed by atoms with Gasteiger partial charge >= 0.3 is 0 Å². The van der Waals surface area contributed by atoms with Crippen molar-refractivity contribution in [3.05, 3.63) is 11.5 Å². The highest BCUT2D eigenvalue weighted by Gasteiger charge is 2.19. The molecule has 2 N–H and O–H groups in total. The van der Waals surface area contributed by atoms with E-state index < -0.39 is 0 Å². The molecule has 1 aliphatic heterocycles. The number of nitrogens with zero attached hydrogens (tertiary/aromatic N) is 2. The predicted octanol–water partition coefficient (Wildman–Crippen LogP) is 1.36. The zero-order chi connectivity index (χ0) is 8.72. The van der Waals surface area contributed by atoms with Crippen LogP contribution < -0.4 is 5.73 Å². The van der Waals surface area contributed by atoms with Gasteiger partial charge in [-0.05, 0) is 19.3 Å². The molecule has 1 aliphatic rings. The summed E-state index contributed by atoms with van der Waals surface area (Å²) in [6.45, 7) is 5.28. The van der Waals surface area contributed by atoms with Crippen molar-refractivity contribution in [2.24, 2.45) is 5.92 Å². The maximum absolute atomic E-state index is 5.89. The average Bonchev–Trinajstić information content (AvgIpc) is 2.31. The van der Waals surface area contributed by atoms with E-state index >= 15 is 0 Å². The first kappa shape index (κ1) is 7.65. The number of fused-ring (bicyclic) bond motifs is 1. The minimum absolute atomic E-state index is 0.744. The van der Waals surface area contributed by atoms with Crippen molar-refractivity contribution in [2.75, 3.05) is 5.73 Å². The predicted molar refractivity (Wildman–Crippen MR) is 48.9 cm³/mol. The van der Waals surface area contributed by atoms with Gasteiger partial charge in [0.05, 0.1) is 5.69 Å². The quantitative estimate of drug-likeness (QED) is 0.630. The van der Waals surface area contributed by atoms with Gasteiger partial charge in [-0.1, -0.05) is 6.92 Å². The van der Waals surface area contributed by atoms with Crippen LogP contribution >= 0.6 is 0 Å². The van der Waals surface area contributed by atoms with Gasteiger partial charge in [-0.15, -0.1) is 0 Å². The Morgan fingerprint density at radius 1 is 1.58 bits per heavy atom. The van der Waals surface area contributed by atoms with Crippen molar-refractivity contribution in [3.63, 3.8) is 0 Å². The molecule has 1 atom stereocenters. The van der Waals surface area contributed by atoms with Crippen LogP contribution in [0, 0.1) is 12.8 Å². The van der Waals surface area contributed by atoms with E-state index in [2.05, 4.69) is 16.5 Å². The Kier molecular flexibility index (Phi) is 1.60. The fourth-order valence-corrected chi connectivity index (χ4v) is 1.82. The standard InChI is InChI=1S/C9H15N3/c1-6-3-4-8-11-7(2)9(10)12(8)5-6/h6H,3-5,10H2,1-2H3. The Bertz CT molecular complexity index is 301. The first-order chi connectivity index (χ1) is 5.68. The molecule has 2 rings (SSSR count). The smallest absolute Gasteiger partial charge is 0.126 e. The molecule has 3 nitrogen and oxygen atoms in total. The average molecular weight is 165 g/mol. The van der Waals surface area contributed by atoms with Gasteiger partial charge in [0, 0.05) is 13.0 Å². The molecule has 0 saturated carbocycles. The van der Waals surface area contributed by atoms with Crippen LogP contribution in [0.2, 0.25) is 0 Å². The maximum atomic E-state index is 5.89. The van der Waals surface area contributed by atoms with Crippen molar-refractivity contribution in [2.45, 2.75) is 33.2 Å². The van der Waals surface area contributed by atoms with Crippen molar-refractivity contribution in [3.8, 4) is 0 Å². The molecule has 1 aromatic rings.